The van der Waals surface area contributed by atoms with E-state index in [-0.39, 0.29) is 19.6 Å². The molecule has 2 heterocycles. The molecule has 0 bridgehead atoms. The second-order valence-corrected chi connectivity index (χ2v) is 10.4. The smallest absolute Gasteiger partial charge is 0.408 e. The van der Waals surface area contributed by atoms with E-state index in [1.165, 1.54) is 0 Å². The first kappa shape index (κ1) is 29.2. The molecule has 220 valence electrons. The first-order valence-corrected chi connectivity index (χ1v) is 13.9. The van der Waals surface area contributed by atoms with Crippen LogP contribution in [0.4, 0.5) is 4.79 Å². The summed E-state index contributed by atoms with van der Waals surface area (Å²) in [6.07, 6.45) is 2.79. The van der Waals surface area contributed by atoms with Crippen LogP contribution in [0.2, 0.25) is 0 Å². The minimum Gasteiger partial charge on any atom is -0.457 e. The Balaban J connectivity index is 1.22. The molecule has 0 aliphatic carbocycles. The van der Waals surface area contributed by atoms with Crippen LogP contribution in [-0.4, -0.2) is 48.1 Å². The van der Waals surface area contributed by atoms with Crippen molar-refractivity contribution in [2.24, 2.45) is 0 Å². The van der Waals surface area contributed by atoms with Crippen LogP contribution in [0.15, 0.2) is 91.3 Å². The fourth-order valence-electron chi connectivity index (χ4n) is 4.54. The lowest BCUT2D eigenvalue weighted by Crippen LogP contribution is -2.43. The summed E-state index contributed by atoms with van der Waals surface area (Å²) in [4.78, 5) is 25.9. The van der Waals surface area contributed by atoms with Gasteiger partial charge >= 0.3 is 12.1 Å². The molecule has 0 aliphatic heterocycles. The van der Waals surface area contributed by atoms with E-state index in [2.05, 4.69) is 38.1 Å². The van der Waals surface area contributed by atoms with Crippen LogP contribution in [0.3, 0.4) is 0 Å². The SMILES string of the molecule is Cc1cccc(Cn2cc(COC(=O)[C@@H](Cc3cn(Cc4cccc(C)c4)nn3)NC(=O)OCc3ccccc3)nn2)c1. The largest absolute Gasteiger partial charge is 0.457 e. The molecule has 3 aromatic carbocycles. The molecule has 0 aliphatic rings. The Kier molecular flexibility index (Phi) is 9.53. The van der Waals surface area contributed by atoms with E-state index in [1.54, 1.807) is 21.8 Å². The lowest BCUT2D eigenvalue weighted by molar-refractivity contribution is -0.147. The number of carbonyl (C=O) groups is 2. The number of hydrogen-bond donors (Lipinski definition) is 1. The number of esters is 1. The van der Waals surface area contributed by atoms with Crippen molar-refractivity contribution in [1.29, 1.82) is 0 Å². The number of rotatable bonds is 12. The average Bonchev–Trinajstić information content (AvgIpc) is 3.64. The number of ether oxygens (including phenoxy) is 2. The third-order valence-electron chi connectivity index (χ3n) is 6.59. The molecule has 5 rings (SSSR count). The minimum absolute atomic E-state index is 0.0607. The molecule has 11 heteroatoms. The van der Waals surface area contributed by atoms with Gasteiger partial charge in [-0.1, -0.05) is 100 Å². The lowest BCUT2D eigenvalue weighted by Gasteiger charge is -2.16. The highest BCUT2D eigenvalue weighted by Gasteiger charge is 2.25. The Morgan fingerprint density at radius 3 is 1.93 bits per heavy atom. The van der Waals surface area contributed by atoms with Gasteiger partial charge in [-0.15, -0.1) is 10.2 Å². The van der Waals surface area contributed by atoms with E-state index in [1.807, 2.05) is 80.6 Å². The van der Waals surface area contributed by atoms with Gasteiger partial charge in [0.05, 0.1) is 25.0 Å². The molecule has 5 aromatic rings. The van der Waals surface area contributed by atoms with Crippen molar-refractivity contribution >= 4 is 12.1 Å². The van der Waals surface area contributed by atoms with E-state index in [0.29, 0.717) is 24.5 Å². The molecule has 1 N–H and O–H groups in total. The van der Waals surface area contributed by atoms with Crippen molar-refractivity contribution in [2.45, 2.75) is 52.6 Å². The molecule has 0 radical (unpaired) electrons. The Morgan fingerprint density at radius 1 is 0.721 bits per heavy atom. The molecule has 0 unspecified atom stereocenters. The van der Waals surface area contributed by atoms with Crippen LogP contribution in [0, 0.1) is 13.8 Å². The molecule has 0 spiro atoms. The lowest BCUT2D eigenvalue weighted by atomic mass is 10.1. The third-order valence-corrected chi connectivity index (χ3v) is 6.59. The molecule has 0 saturated heterocycles. The van der Waals surface area contributed by atoms with Crippen molar-refractivity contribution in [3.8, 4) is 0 Å². The summed E-state index contributed by atoms with van der Waals surface area (Å²) in [6, 6.07) is 24.4. The first-order valence-electron chi connectivity index (χ1n) is 13.9. The number of aromatic nitrogens is 6. The van der Waals surface area contributed by atoms with Crippen LogP contribution in [0.25, 0.3) is 0 Å². The summed E-state index contributed by atoms with van der Waals surface area (Å²) in [6.45, 7) is 5.07. The van der Waals surface area contributed by atoms with E-state index in [9.17, 15) is 9.59 Å². The van der Waals surface area contributed by atoms with Gasteiger partial charge in [-0.05, 0) is 30.5 Å². The van der Waals surface area contributed by atoms with Gasteiger partial charge < -0.3 is 14.8 Å². The normalized spacial score (nSPS) is 11.6. The maximum absolute atomic E-state index is 13.2. The highest BCUT2D eigenvalue weighted by molar-refractivity contribution is 5.81. The summed E-state index contributed by atoms with van der Waals surface area (Å²) in [5.74, 6) is -0.655. The summed E-state index contributed by atoms with van der Waals surface area (Å²) >= 11 is 0. The van der Waals surface area contributed by atoms with Crippen LogP contribution >= 0.6 is 0 Å². The van der Waals surface area contributed by atoms with Crippen molar-refractivity contribution in [2.75, 3.05) is 0 Å². The maximum Gasteiger partial charge on any atom is 0.408 e. The summed E-state index contributed by atoms with van der Waals surface area (Å²) in [5.41, 5.74) is 6.28. The number of hydrogen-bond acceptors (Lipinski definition) is 8. The second kappa shape index (κ2) is 14.0. The first-order chi connectivity index (χ1) is 20.9. The number of carbonyl (C=O) groups excluding carboxylic acids is 2. The zero-order chi connectivity index (χ0) is 30.0. The molecular weight excluding hydrogens is 546 g/mol. The van der Waals surface area contributed by atoms with E-state index in [4.69, 9.17) is 9.47 Å². The minimum atomic E-state index is -1.06. The Bertz CT molecular complexity index is 1670. The summed E-state index contributed by atoms with van der Waals surface area (Å²) in [5, 5.41) is 19.3. The molecule has 11 nitrogen and oxygen atoms in total. The van der Waals surface area contributed by atoms with Gasteiger partial charge in [0, 0.05) is 12.6 Å². The molecule has 0 fully saturated rings. The third kappa shape index (κ3) is 8.83. The second-order valence-electron chi connectivity index (χ2n) is 10.4. The Labute approximate surface area is 249 Å². The molecule has 0 saturated carbocycles. The molecule has 43 heavy (non-hydrogen) atoms. The van der Waals surface area contributed by atoms with Gasteiger partial charge in [0.1, 0.15) is 24.9 Å². The zero-order valence-corrected chi connectivity index (χ0v) is 24.1. The van der Waals surface area contributed by atoms with Gasteiger partial charge in [-0.25, -0.2) is 19.0 Å². The quantitative estimate of drug-likeness (QED) is 0.218. The Hall–Kier alpha value is -5.32. The van der Waals surface area contributed by atoms with E-state index in [0.717, 1.165) is 27.8 Å². The highest BCUT2D eigenvalue weighted by atomic mass is 16.6. The number of alkyl carbamates (subject to hydrolysis) is 1. The van der Waals surface area contributed by atoms with Crippen LogP contribution < -0.4 is 5.32 Å². The number of benzene rings is 3. The van der Waals surface area contributed by atoms with Crippen LogP contribution in [-0.2, 0) is 47.0 Å². The van der Waals surface area contributed by atoms with Crippen molar-refractivity contribution in [3.63, 3.8) is 0 Å². The molecule has 1 amide bonds. The summed E-state index contributed by atoms with van der Waals surface area (Å²) < 4.78 is 14.3. The maximum atomic E-state index is 13.2. The monoisotopic (exact) mass is 579 g/mol. The fourth-order valence-corrected chi connectivity index (χ4v) is 4.54. The van der Waals surface area contributed by atoms with Crippen LogP contribution in [0.1, 0.15) is 39.2 Å². The molecule has 2 aromatic heterocycles. The number of aryl methyl sites for hydroxylation is 2. The van der Waals surface area contributed by atoms with Gasteiger partial charge in [-0.3, -0.25) is 0 Å². The number of nitrogens with one attached hydrogen (secondary N) is 1. The number of nitrogens with zero attached hydrogens (tertiary/aromatic N) is 6. The zero-order valence-electron chi connectivity index (χ0n) is 24.1. The standard InChI is InChI=1S/C32H33N7O4/c1-23-8-6-12-26(14-23)17-38-19-28(34-36-38)16-30(33-32(41)43-21-25-10-4-3-5-11-25)31(40)42-22-29-20-39(37-35-29)18-27-13-7-9-24(2)15-27/h3-15,19-20,30H,16-18,21-22H2,1-2H3,(H,33,41)/t30-/m1/s1. The summed E-state index contributed by atoms with van der Waals surface area (Å²) in [7, 11) is 0. The highest BCUT2D eigenvalue weighted by Crippen LogP contribution is 2.10. The van der Waals surface area contributed by atoms with Gasteiger partial charge in [0.2, 0.25) is 0 Å². The van der Waals surface area contributed by atoms with E-state index < -0.39 is 18.1 Å². The Morgan fingerprint density at radius 2 is 1.30 bits per heavy atom. The van der Waals surface area contributed by atoms with Gasteiger partial charge in [0.15, 0.2) is 0 Å². The molecule has 1 atom stereocenters. The van der Waals surface area contributed by atoms with E-state index >= 15 is 0 Å². The van der Waals surface area contributed by atoms with Crippen LogP contribution in [0.5, 0.6) is 0 Å². The average molecular weight is 580 g/mol. The van der Waals surface area contributed by atoms with Crippen molar-refractivity contribution in [3.05, 3.63) is 130 Å². The topological polar surface area (TPSA) is 126 Å². The fraction of sp³-hybridized carbons (Fsp3) is 0.250. The van der Waals surface area contributed by atoms with Gasteiger partial charge in [-0.2, -0.15) is 0 Å². The van der Waals surface area contributed by atoms with Gasteiger partial charge in [0.25, 0.3) is 0 Å². The van der Waals surface area contributed by atoms with Crippen molar-refractivity contribution < 1.29 is 19.1 Å². The van der Waals surface area contributed by atoms with Crippen molar-refractivity contribution in [1.82, 2.24) is 35.3 Å². The predicted molar refractivity (Wildman–Crippen MR) is 158 cm³/mol. The number of amides is 1. The predicted octanol–water partition coefficient (Wildman–Crippen LogP) is 4.16. The molecular formula is C32H33N7O4.